The number of hydrogen-bond donors (Lipinski definition) is 4. The molecule has 2 rings (SSSR count). The van der Waals surface area contributed by atoms with E-state index >= 15 is 0 Å². The zero-order valence-electron chi connectivity index (χ0n) is 14.0. The van der Waals surface area contributed by atoms with E-state index in [2.05, 4.69) is 32.5 Å². The van der Waals surface area contributed by atoms with Crippen LogP contribution in [-0.2, 0) is 11.5 Å². The molecule has 2 aromatic heterocycles. The lowest BCUT2D eigenvalue weighted by atomic mass is 10.4. The molecule has 24 heavy (non-hydrogen) atoms. The second kappa shape index (κ2) is 10.6. The number of aromatic nitrogens is 3. The molecular weight excluding hydrogens is 360 g/mol. The summed E-state index contributed by atoms with van der Waals surface area (Å²) in [7, 11) is 0. The molecule has 0 spiro atoms. The molecule has 0 amide bonds. The number of nitrogens with zero attached hydrogens (tertiary/aromatic N) is 2. The summed E-state index contributed by atoms with van der Waals surface area (Å²) in [4.78, 5) is 11.6. The molecule has 4 N–H and O–H groups in total. The van der Waals surface area contributed by atoms with E-state index < -0.39 is 0 Å². The summed E-state index contributed by atoms with van der Waals surface area (Å²) in [6.07, 6.45) is 3.57. The standard InChI is InChI=1S/C15H24N6S3/c1-11(24-9-14-17-4-6-23-14)7-19-15(16)18-3-5-22-8-13-12(2)20-10-21-13/h4,6,10-11H,3,5,7-9H2,1-2H3,(H,20,21)(H3,16,18,19). The van der Waals surface area contributed by atoms with Crippen molar-refractivity contribution in [1.82, 2.24) is 25.6 Å². The number of nitrogens with one attached hydrogen (secondary N) is 4. The molecule has 0 radical (unpaired) electrons. The molecule has 0 aliphatic heterocycles. The van der Waals surface area contributed by atoms with Crippen LogP contribution in [0.4, 0.5) is 0 Å². The molecule has 9 heteroatoms. The average Bonchev–Trinajstić information content (AvgIpc) is 3.22. The van der Waals surface area contributed by atoms with Gasteiger partial charge in [-0.1, -0.05) is 6.92 Å². The Labute approximate surface area is 155 Å². The van der Waals surface area contributed by atoms with Crippen LogP contribution in [0.15, 0.2) is 17.9 Å². The molecule has 0 saturated heterocycles. The lowest BCUT2D eigenvalue weighted by Gasteiger charge is -2.14. The first-order chi connectivity index (χ1) is 11.6. The highest BCUT2D eigenvalue weighted by Gasteiger charge is 2.06. The highest BCUT2D eigenvalue weighted by molar-refractivity contribution is 7.99. The maximum atomic E-state index is 7.90. The normalized spacial score (nSPS) is 12.1. The molecule has 6 nitrogen and oxygen atoms in total. The summed E-state index contributed by atoms with van der Waals surface area (Å²) >= 11 is 5.37. The van der Waals surface area contributed by atoms with Crippen LogP contribution in [-0.4, -0.2) is 45.0 Å². The van der Waals surface area contributed by atoms with Gasteiger partial charge in [-0.25, -0.2) is 9.97 Å². The Hall–Kier alpha value is -1.19. The number of thiazole rings is 1. The van der Waals surface area contributed by atoms with E-state index in [1.807, 2.05) is 42.0 Å². The number of aromatic amines is 1. The van der Waals surface area contributed by atoms with Gasteiger partial charge < -0.3 is 15.6 Å². The number of aryl methyl sites for hydroxylation is 1. The summed E-state index contributed by atoms with van der Waals surface area (Å²) in [5, 5.41) is 17.7. The monoisotopic (exact) mass is 384 g/mol. The highest BCUT2D eigenvalue weighted by atomic mass is 32.2. The van der Waals surface area contributed by atoms with Crippen molar-refractivity contribution in [1.29, 1.82) is 5.41 Å². The third-order valence-corrected chi connectivity index (χ3v) is 6.39. The maximum absolute atomic E-state index is 7.90. The van der Waals surface area contributed by atoms with Crippen LogP contribution < -0.4 is 10.6 Å². The molecular formula is C15H24N6S3. The van der Waals surface area contributed by atoms with Gasteiger partial charge in [0.15, 0.2) is 5.96 Å². The number of imidazole rings is 1. The average molecular weight is 385 g/mol. The van der Waals surface area contributed by atoms with Gasteiger partial charge in [0.25, 0.3) is 0 Å². The van der Waals surface area contributed by atoms with Crippen LogP contribution in [0.25, 0.3) is 0 Å². The number of thioether (sulfide) groups is 2. The van der Waals surface area contributed by atoms with Crippen molar-refractivity contribution in [3.63, 3.8) is 0 Å². The lowest BCUT2D eigenvalue weighted by Crippen LogP contribution is -2.40. The van der Waals surface area contributed by atoms with Crippen LogP contribution in [0.2, 0.25) is 0 Å². The van der Waals surface area contributed by atoms with E-state index in [4.69, 9.17) is 5.41 Å². The Morgan fingerprint density at radius 2 is 2.25 bits per heavy atom. The molecule has 0 bridgehead atoms. The summed E-state index contributed by atoms with van der Waals surface area (Å²) in [6.45, 7) is 5.74. The van der Waals surface area contributed by atoms with Gasteiger partial charge in [0, 0.05) is 52.9 Å². The zero-order valence-corrected chi connectivity index (χ0v) is 16.4. The minimum atomic E-state index is 0.398. The number of rotatable bonds is 10. The van der Waals surface area contributed by atoms with Gasteiger partial charge in [-0.05, 0) is 6.92 Å². The van der Waals surface area contributed by atoms with Crippen LogP contribution in [0.1, 0.15) is 23.3 Å². The van der Waals surface area contributed by atoms with Gasteiger partial charge in [-0.15, -0.1) is 23.1 Å². The van der Waals surface area contributed by atoms with Crippen molar-refractivity contribution < 1.29 is 0 Å². The fourth-order valence-electron chi connectivity index (χ4n) is 1.86. The van der Waals surface area contributed by atoms with Crippen molar-refractivity contribution >= 4 is 40.8 Å². The second-order valence-corrected chi connectivity index (χ2v) is 8.76. The largest absolute Gasteiger partial charge is 0.356 e. The Balaban J connectivity index is 1.48. The first-order valence-electron chi connectivity index (χ1n) is 7.78. The van der Waals surface area contributed by atoms with Crippen LogP contribution >= 0.6 is 34.9 Å². The summed E-state index contributed by atoms with van der Waals surface area (Å²) in [5.41, 5.74) is 2.24. The number of guanidine groups is 1. The molecule has 0 aliphatic carbocycles. The van der Waals surface area contributed by atoms with E-state index in [1.54, 1.807) is 17.7 Å². The van der Waals surface area contributed by atoms with E-state index in [0.29, 0.717) is 11.2 Å². The van der Waals surface area contributed by atoms with Gasteiger partial charge in [0.2, 0.25) is 0 Å². The SMILES string of the molecule is Cc1nc[nH]c1CSCCNC(=N)NCC(C)SCc1nccs1. The molecule has 1 unspecified atom stereocenters. The molecule has 0 fully saturated rings. The first kappa shape index (κ1) is 19.1. The minimum absolute atomic E-state index is 0.398. The summed E-state index contributed by atoms with van der Waals surface area (Å²) in [6, 6.07) is 0. The third kappa shape index (κ3) is 7.14. The zero-order chi connectivity index (χ0) is 17.2. The molecule has 2 aromatic rings. The molecule has 0 aliphatic rings. The van der Waals surface area contributed by atoms with Crippen molar-refractivity contribution in [3.8, 4) is 0 Å². The van der Waals surface area contributed by atoms with Crippen LogP contribution in [0.5, 0.6) is 0 Å². The van der Waals surface area contributed by atoms with Crippen molar-refractivity contribution in [2.24, 2.45) is 0 Å². The van der Waals surface area contributed by atoms with Gasteiger partial charge in [0.05, 0.1) is 12.0 Å². The van der Waals surface area contributed by atoms with Gasteiger partial charge >= 0.3 is 0 Å². The van der Waals surface area contributed by atoms with E-state index in [-0.39, 0.29) is 0 Å². The molecule has 0 saturated carbocycles. The Morgan fingerprint density at radius 1 is 1.38 bits per heavy atom. The van der Waals surface area contributed by atoms with Crippen molar-refractivity contribution in [3.05, 3.63) is 34.3 Å². The minimum Gasteiger partial charge on any atom is -0.356 e. The Morgan fingerprint density at radius 3 is 2.96 bits per heavy atom. The smallest absolute Gasteiger partial charge is 0.188 e. The molecule has 0 aromatic carbocycles. The fraction of sp³-hybridized carbons (Fsp3) is 0.533. The topological polar surface area (TPSA) is 89.5 Å². The van der Waals surface area contributed by atoms with Gasteiger partial charge in [-0.3, -0.25) is 5.41 Å². The van der Waals surface area contributed by atoms with Crippen molar-refractivity contribution in [2.45, 2.75) is 30.6 Å². The quantitative estimate of drug-likeness (QED) is 0.286. The second-order valence-electron chi connectivity index (χ2n) is 5.25. The van der Waals surface area contributed by atoms with E-state index in [0.717, 1.165) is 41.0 Å². The molecule has 1 atom stereocenters. The van der Waals surface area contributed by atoms with Crippen LogP contribution in [0, 0.1) is 12.3 Å². The molecule has 2 heterocycles. The van der Waals surface area contributed by atoms with Crippen molar-refractivity contribution in [2.75, 3.05) is 18.8 Å². The third-order valence-electron chi connectivity index (χ3n) is 3.27. The Kier molecular flexibility index (Phi) is 8.48. The Bertz CT molecular complexity index is 598. The van der Waals surface area contributed by atoms with Crippen LogP contribution in [0.3, 0.4) is 0 Å². The maximum Gasteiger partial charge on any atom is 0.188 e. The predicted molar refractivity (Wildman–Crippen MR) is 106 cm³/mol. The number of hydrogen-bond acceptors (Lipinski definition) is 6. The molecule has 132 valence electrons. The predicted octanol–water partition coefficient (Wildman–Crippen LogP) is 2.84. The fourth-order valence-corrected chi connectivity index (χ4v) is 4.33. The first-order valence-corrected chi connectivity index (χ1v) is 10.9. The van der Waals surface area contributed by atoms with Gasteiger partial charge in [-0.2, -0.15) is 11.8 Å². The highest BCUT2D eigenvalue weighted by Crippen LogP contribution is 2.18. The summed E-state index contributed by atoms with van der Waals surface area (Å²) in [5.74, 6) is 3.22. The van der Waals surface area contributed by atoms with E-state index in [9.17, 15) is 0 Å². The number of H-pyrrole nitrogens is 1. The lowest BCUT2D eigenvalue weighted by molar-refractivity contribution is 0.802. The van der Waals surface area contributed by atoms with Gasteiger partial charge in [0.1, 0.15) is 5.01 Å². The summed E-state index contributed by atoms with van der Waals surface area (Å²) < 4.78 is 0. The van der Waals surface area contributed by atoms with E-state index in [1.165, 1.54) is 5.69 Å².